The predicted octanol–water partition coefficient (Wildman–Crippen LogP) is -8.14. The van der Waals surface area contributed by atoms with Crippen LogP contribution in [0.4, 0.5) is 0 Å². The van der Waals surface area contributed by atoms with Crippen molar-refractivity contribution in [2.45, 2.75) is 0 Å². The zero-order valence-corrected chi connectivity index (χ0v) is 6.57. The first-order valence-corrected chi connectivity index (χ1v) is 0. The van der Waals surface area contributed by atoms with Crippen molar-refractivity contribution >= 4 is 28.3 Å². The van der Waals surface area contributed by atoms with Gasteiger partial charge in [-0.15, -0.1) is 0 Å². The Labute approximate surface area is 83.8 Å². The molecule has 10 nitrogen and oxygen atoms in total. The summed E-state index contributed by atoms with van der Waals surface area (Å²) in [7, 11) is 0. The summed E-state index contributed by atoms with van der Waals surface area (Å²) in [6, 6.07) is 0. The molecule has 0 aromatic heterocycles. The molecule has 0 bridgehead atoms. The first-order chi connectivity index (χ1) is 0. The molecule has 0 unspecified atom stereocenters. The summed E-state index contributed by atoms with van der Waals surface area (Å²) in [6.45, 7) is 0. The van der Waals surface area contributed by atoms with Gasteiger partial charge < -0.3 is 54.8 Å². The molecular formula is H21AlO10Si. The summed E-state index contributed by atoms with van der Waals surface area (Å²) in [6.07, 6.45) is 0. The van der Waals surface area contributed by atoms with Crippen LogP contribution in [0.2, 0.25) is 0 Å². The predicted molar refractivity (Wildman–Crippen MR) is 48.2 cm³/mol. The van der Waals surface area contributed by atoms with Crippen LogP contribution in [0.1, 0.15) is 0 Å². The van der Waals surface area contributed by atoms with Gasteiger partial charge in [0.15, 0.2) is 0 Å². The third kappa shape index (κ3) is 7410. The Morgan fingerprint density at radius 1 is 0.333 bits per heavy atom. The molecule has 0 saturated carbocycles. The molecule has 0 aliphatic carbocycles. The first-order valence-electron chi connectivity index (χ1n) is 0. The van der Waals surface area contributed by atoms with Gasteiger partial charge in [-0.1, -0.05) is 0 Å². The van der Waals surface area contributed by atoms with Crippen molar-refractivity contribution in [2.24, 2.45) is 0 Å². The van der Waals surface area contributed by atoms with Crippen molar-refractivity contribution in [3.8, 4) is 0 Å². The average Bonchev–Trinajstić information content (AvgIpc) is 0. The van der Waals surface area contributed by atoms with E-state index in [0.29, 0.717) is 0 Å². The standard InChI is InChI=1S/Al.10H2O.H4Si/h;10*1H2;1H4/q+3;;;;;;;;;;;/p-3. The topological polar surface area (TPSA) is 310 Å². The quantitative estimate of drug-likeness (QED) is 0.369. The fourth-order valence-corrected chi connectivity index (χ4v) is 0. The smallest absolute Gasteiger partial charge is 0.870 e. The van der Waals surface area contributed by atoms with Gasteiger partial charge >= 0.3 is 17.4 Å². The van der Waals surface area contributed by atoms with Crippen LogP contribution in [-0.2, 0) is 0 Å². The molecule has 0 aliphatic rings. The average molecular weight is 236 g/mol. The summed E-state index contributed by atoms with van der Waals surface area (Å²) >= 11 is 0. The van der Waals surface area contributed by atoms with Crippen molar-refractivity contribution < 1.29 is 54.8 Å². The monoisotopic (exact) mass is 236 g/mol. The maximum Gasteiger partial charge on any atom is 3.00 e. The Kier molecular flexibility index (Phi) is 10800000. The molecule has 0 aliphatic heterocycles. The van der Waals surface area contributed by atoms with Gasteiger partial charge in [-0.05, 0) is 11.0 Å². The zero-order valence-electron chi connectivity index (χ0n) is 5.42. The van der Waals surface area contributed by atoms with E-state index in [9.17, 15) is 0 Å². The van der Waals surface area contributed by atoms with Crippen molar-refractivity contribution in [3.05, 3.63) is 0 Å². The SMILES string of the molecule is O.O.O.O.O.O.O.[Al+3].[OH-].[OH-].[OH-].[SiH4]. The molecule has 0 atom stereocenters. The van der Waals surface area contributed by atoms with Crippen LogP contribution in [0.3, 0.4) is 0 Å². The van der Waals surface area contributed by atoms with Gasteiger partial charge in [0.2, 0.25) is 0 Å². The summed E-state index contributed by atoms with van der Waals surface area (Å²) in [5.41, 5.74) is 0. The van der Waals surface area contributed by atoms with Gasteiger partial charge in [0.1, 0.15) is 0 Å². The Morgan fingerprint density at radius 3 is 0.333 bits per heavy atom. The largest absolute Gasteiger partial charge is 3.00 e. The van der Waals surface area contributed by atoms with E-state index < -0.39 is 0 Å². The number of hydrogen-bond acceptors (Lipinski definition) is 3. The second-order valence-corrected chi connectivity index (χ2v) is 0. The Hall–Kier alpha value is 0.349. The summed E-state index contributed by atoms with van der Waals surface area (Å²) in [5, 5.41) is 0. The molecule has 0 aromatic rings. The molecule has 0 rings (SSSR count). The van der Waals surface area contributed by atoms with Crippen LogP contribution in [0.5, 0.6) is 0 Å². The van der Waals surface area contributed by atoms with Gasteiger partial charge in [-0.25, -0.2) is 0 Å². The molecule has 0 heterocycles. The maximum absolute atomic E-state index is 0. The van der Waals surface area contributed by atoms with Crippen LogP contribution in [-0.4, -0.2) is 83.1 Å². The van der Waals surface area contributed by atoms with Gasteiger partial charge in [0.25, 0.3) is 0 Å². The van der Waals surface area contributed by atoms with E-state index in [0.717, 1.165) is 0 Å². The van der Waals surface area contributed by atoms with Crippen LogP contribution in [0.15, 0.2) is 0 Å². The summed E-state index contributed by atoms with van der Waals surface area (Å²) in [4.78, 5) is 0. The minimum Gasteiger partial charge on any atom is -0.870 e. The molecule has 0 radical (unpaired) electrons. The number of hydrogen-bond donors (Lipinski definition) is 0. The molecule has 0 fully saturated rings. The minimum absolute atomic E-state index is 0. The van der Waals surface area contributed by atoms with Crippen molar-refractivity contribution in [3.63, 3.8) is 0 Å². The van der Waals surface area contributed by atoms with Crippen LogP contribution in [0.25, 0.3) is 0 Å². The van der Waals surface area contributed by atoms with E-state index >= 15 is 0 Å². The molecule has 12 heteroatoms. The van der Waals surface area contributed by atoms with Gasteiger partial charge in [-0.3, -0.25) is 0 Å². The van der Waals surface area contributed by atoms with E-state index in [1.807, 2.05) is 0 Å². The van der Waals surface area contributed by atoms with E-state index in [2.05, 4.69) is 0 Å². The third-order valence-corrected chi connectivity index (χ3v) is 0. The Morgan fingerprint density at radius 2 is 0.333 bits per heavy atom. The Balaban J connectivity index is 0. The third-order valence-electron chi connectivity index (χ3n) is 0. The fourth-order valence-electron chi connectivity index (χ4n) is 0. The molecule has 0 saturated heterocycles. The second kappa shape index (κ2) is 9960. The molecule has 88 valence electrons. The van der Waals surface area contributed by atoms with Crippen molar-refractivity contribution in [1.82, 2.24) is 0 Å². The van der Waals surface area contributed by atoms with Gasteiger partial charge in [0.05, 0.1) is 0 Å². The van der Waals surface area contributed by atoms with Crippen LogP contribution < -0.4 is 0 Å². The first kappa shape index (κ1) is 13000. The zero-order chi connectivity index (χ0) is 0. The van der Waals surface area contributed by atoms with E-state index in [1.54, 1.807) is 0 Å². The van der Waals surface area contributed by atoms with E-state index in [-0.39, 0.29) is 83.1 Å². The van der Waals surface area contributed by atoms with Gasteiger partial charge in [-0.2, -0.15) is 0 Å². The van der Waals surface area contributed by atoms with Crippen molar-refractivity contribution in [1.29, 1.82) is 0 Å². The molecule has 0 spiro atoms. The Bertz CT molecular complexity index is 9.80. The molecule has 17 N–H and O–H groups in total. The van der Waals surface area contributed by atoms with E-state index in [4.69, 9.17) is 0 Å². The molecule has 12 heavy (non-hydrogen) atoms. The van der Waals surface area contributed by atoms with E-state index in [1.165, 1.54) is 0 Å². The number of rotatable bonds is 0. The van der Waals surface area contributed by atoms with Crippen LogP contribution >= 0.6 is 0 Å². The summed E-state index contributed by atoms with van der Waals surface area (Å²) in [5.74, 6) is 0. The maximum atomic E-state index is 0. The molecule has 0 amide bonds. The minimum atomic E-state index is 0. The van der Waals surface area contributed by atoms with Crippen molar-refractivity contribution in [2.75, 3.05) is 0 Å². The van der Waals surface area contributed by atoms with Gasteiger partial charge in [0, 0.05) is 0 Å². The fraction of sp³-hybridized carbons (Fsp3) is 0. The normalized spacial score (nSPS) is 0. The second-order valence-electron chi connectivity index (χ2n) is 0. The summed E-state index contributed by atoms with van der Waals surface area (Å²) < 4.78 is 0. The van der Waals surface area contributed by atoms with Crippen LogP contribution in [0, 0.1) is 0 Å². The molecular weight excluding hydrogens is 215 g/mol. The molecule has 0 aromatic carbocycles.